The number of hydrogen-bond donors (Lipinski definition) is 1. The predicted octanol–water partition coefficient (Wildman–Crippen LogP) is 4.85. The minimum atomic E-state index is -0.214. The Morgan fingerprint density at radius 2 is 1.40 bits per heavy atom. The lowest BCUT2D eigenvalue weighted by Crippen LogP contribution is -2.32. The van der Waals surface area contributed by atoms with E-state index in [-0.39, 0.29) is 11.8 Å². The quantitative estimate of drug-likeness (QED) is 0.768. The summed E-state index contributed by atoms with van der Waals surface area (Å²) < 4.78 is 0. The first-order valence-electron chi connectivity index (χ1n) is 8.51. The summed E-state index contributed by atoms with van der Waals surface area (Å²) in [6.07, 6.45) is 1.86. The summed E-state index contributed by atoms with van der Waals surface area (Å²) in [6, 6.07) is 13.7. The van der Waals surface area contributed by atoms with Crippen LogP contribution < -0.4 is 5.32 Å². The number of benzene rings is 2. The first-order valence-corrected chi connectivity index (χ1v) is 8.89. The third kappa shape index (κ3) is 5.33. The third-order valence-corrected chi connectivity index (χ3v) is 4.02. The Morgan fingerprint density at radius 1 is 0.880 bits per heavy atom. The Hall–Kier alpha value is -2.33. The van der Waals surface area contributed by atoms with Crippen molar-refractivity contribution in [2.75, 3.05) is 18.4 Å². The molecule has 0 unspecified atom stereocenters. The van der Waals surface area contributed by atoms with Gasteiger partial charge in [-0.05, 0) is 61.4 Å². The van der Waals surface area contributed by atoms with Crippen molar-refractivity contribution in [1.82, 2.24) is 4.90 Å². The second-order valence-electron chi connectivity index (χ2n) is 5.83. The monoisotopic (exact) mass is 358 g/mol. The molecule has 1 N–H and O–H groups in total. The first-order chi connectivity index (χ1) is 12.0. The molecule has 0 aliphatic heterocycles. The number of amides is 2. The van der Waals surface area contributed by atoms with Gasteiger partial charge in [-0.2, -0.15) is 0 Å². The molecule has 0 saturated carbocycles. The molecule has 4 nitrogen and oxygen atoms in total. The molecule has 5 heteroatoms. The van der Waals surface area contributed by atoms with E-state index in [4.69, 9.17) is 11.6 Å². The van der Waals surface area contributed by atoms with Gasteiger partial charge in [0.25, 0.3) is 11.8 Å². The lowest BCUT2D eigenvalue weighted by atomic mass is 10.1. The van der Waals surface area contributed by atoms with E-state index in [1.54, 1.807) is 48.5 Å². The van der Waals surface area contributed by atoms with E-state index >= 15 is 0 Å². The van der Waals surface area contributed by atoms with Crippen LogP contribution in [0.4, 0.5) is 5.69 Å². The molecular formula is C20H23ClN2O2. The normalized spacial score (nSPS) is 10.4. The fourth-order valence-corrected chi connectivity index (χ4v) is 2.66. The molecule has 0 heterocycles. The smallest absolute Gasteiger partial charge is 0.255 e. The minimum Gasteiger partial charge on any atom is -0.339 e. The average molecular weight is 359 g/mol. The van der Waals surface area contributed by atoms with Crippen LogP contribution in [0.1, 0.15) is 47.4 Å². The van der Waals surface area contributed by atoms with Crippen LogP contribution in [0, 0.1) is 0 Å². The van der Waals surface area contributed by atoms with Crippen LogP contribution in [0.2, 0.25) is 5.02 Å². The fraction of sp³-hybridized carbons (Fsp3) is 0.300. The maximum absolute atomic E-state index is 12.5. The van der Waals surface area contributed by atoms with E-state index in [9.17, 15) is 9.59 Å². The highest BCUT2D eigenvalue weighted by atomic mass is 35.5. The molecule has 0 aromatic heterocycles. The number of nitrogens with zero attached hydrogens (tertiary/aromatic N) is 1. The van der Waals surface area contributed by atoms with Gasteiger partial charge in [-0.3, -0.25) is 9.59 Å². The summed E-state index contributed by atoms with van der Waals surface area (Å²) >= 11 is 5.83. The number of carbonyl (C=O) groups is 2. The molecule has 2 aromatic rings. The van der Waals surface area contributed by atoms with Crippen LogP contribution in [-0.4, -0.2) is 29.8 Å². The number of anilines is 1. The fourth-order valence-electron chi connectivity index (χ4n) is 2.54. The largest absolute Gasteiger partial charge is 0.339 e. The first kappa shape index (κ1) is 19.0. The number of halogens is 1. The highest BCUT2D eigenvalue weighted by molar-refractivity contribution is 6.30. The van der Waals surface area contributed by atoms with Crippen molar-refractivity contribution in [3.8, 4) is 0 Å². The van der Waals surface area contributed by atoms with Crippen molar-refractivity contribution in [1.29, 1.82) is 0 Å². The van der Waals surface area contributed by atoms with Crippen LogP contribution in [0.3, 0.4) is 0 Å². The van der Waals surface area contributed by atoms with E-state index in [0.717, 1.165) is 25.9 Å². The molecule has 0 atom stereocenters. The number of hydrogen-bond acceptors (Lipinski definition) is 2. The molecule has 0 saturated heterocycles. The van der Waals surface area contributed by atoms with Crippen molar-refractivity contribution in [2.45, 2.75) is 26.7 Å². The van der Waals surface area contributed by atoms with Gasteiger partial charge in [0.2, 0.25) is 0 Å². The molecule has 2 aromatic carbocycles. The maximum Gasteiger partial charge on any atom is 0.255 e. The summed E-state index contributed by atoms with van der Waals surface area (Å²) in [5, 5.41) is 3.40. The lowest BCUT2D eigenvalue weighted by Gasteiger charge is -2.21. The van der Waals surface area contributed by atoms with Crippen molar-refractivity contribution in [2.24, 2.45) is 0 Å². The molecule has 0 spiro atoms. The standard InChI is InChI=1S/C20H23ClN2O2/c1-3-13-23(14-4-2)20(25)16-7-11-18(12-8-16)22-19(24)15-5-9-17(21)10-6-15/h5-12H,3-4,13-14H2,1-2H3,(H,22,24). The van der Waals surface area contributed by atoms with Gasteiger partial charge < -0.3 is 10.2 Å². The van der Waals surface area contributed by atoms with Gasteiger partial charge in [0.1, 0.15) is 0 Å². The Labute approximate surface area is 153 Å². The summed E-state index contributed by atoms with van der Waals surface area (Å²) in [5.74, 6) is -0.186. The Morgan fingerprint density at radius 3 is 1.92 bits per heavy atom. The molecule has 0 aliphatic rings. The van der Waals surface area contributed by atoms with Crippen LogP contribution in [0.5, 0.6) is 0 Å². The SMILES string of the molecule is CCCN(CCC)C(=O)c1ccc(NC(=O)c2ccc(Cl)cc2)cc1. The van der Waals surface area contributed by atoms with Crippen molar-refractivity contribution < 1.29 is 9.59 Å². The van der Waals surface area contributed by atoms with E-state index < -0.39 is 0 Å². The van der Waals surface area contributed by atoms with Crippen LogP contribution >= 0.6 is 11.6 Å². The van der Waals surface area contributed by atoms with E-state index in [0.29, 0.717) is 21.8 Å². The van der Waals surface area contributed by atoms with E-state index in [1.807, 2.05) is 4.90 Å². The highest BCUT2D eigenvalue weighted by Gasteiger charge is 2.14. The molecule has 0 aliphatic carbocycles. The number of carbonyl (C=O) groups excluding carboxylic acids is 2. The van der Waals surface area contributed by atoms with Crippen LogP contribution in [-0.2, 0) is 0 Å². The van der Waals surface area contributed by atoms with Gasteiger partial charge in [-0.1, -0.05) is 25.4 Å². The Balaban J connectivity index is 2.04. The summed E-state index contributed by atoms with van der Waals surface area (Å²) in [7, 11) is 0. The Bertz CT molecular complexity index is 705. The van der Waals surface area contributed by atoms with Gasteiger partial charge in [0.05, 0.1) is 0 Å². The molecule has 0 radical (unpaired) electrons. The molecule has 0 fully saturated rings. The Kier molecular flexibility index (Phi) is 7.02. The molecule has 2 amide bonds. The maximum atomic E-state index is 12.5. The second-order valence-corrected chi connectivity index (χ2v) is 6.27. The highest BCUT2D eigenvalue weighted by Crippen LogP contribution is 2.15. The molecule has 132 valence electrons. The summed E-state index contributed by atoms with van der Waals surface area (Å²) in [5.41, 5.74) is 1.81. The zero-order valence-electron chi connectivity index (χ0n) is 14.6. The van der Waals surface area contributed by atoms with Gasteiger partial charge in [0, 0.05) is 34.9 Å². The second kappa shape index (κ2) is 9.23. The van der Waals surface area contributed by atoms with Crippen LogP contribution in [0.15, 0.2) is 48.5 Å². The van der Waals surface area contributed by atoms with Crippen molar-refractivity contribution in [3.05, 3.63) is 64.7 Å². The summed E-state index contributed by atoms with van der Waals surface area (Å²) in [4.78, 5) is 26.6. The predicted molar refractivity (Wildman–Crippen MR) is 102 cm³/mol. The zero-order chi connectivity index (χ0) is 18.2. The van der Waals surface area contributed by atoms with Crippen molar-refractivity contribution in [3.63, 3.8) is 0 Å². The number of rotatable bonds is 7. The minimum absolute atomic E-state index is 0.0271. The van der Waals surface area contributed by atoms with Gasteiger partial charge in [-0.15, -0.1) is 0 Å². The lowest BCUT2D eigenvalue weighted by molar-refractivity contribution is 0.0755. The van der Waals surface area contributed by atoms with Gasteiger partial charge in [-0.25, -0.2) is 0 Å². The third-order valence-electron chi connectivity index (χ3n) is 3.77. The van der Waals surface area contributed by atoms with Gasteiger partial charge in [0.15, 0.2) is 0 Å². The van der Waals surface area contributed by atoms with Gasteiger partial charge >= 0.3 is 0 Å². The number of nitrogens with one attached hydrogen (secondary N) is 1. The molecule has 25 heavy (non-hydrogen) atoms. The van der Waals surface area contributed by atoms with Crippen LogP contribution in [0.25, 0.3) is 0 Å². The molecule has 2 rings (SSSR count). The van der Waals surface area contributed by atoms with E-state index in [1.165, 1.54) is 0 Å². The molecule has 0 bridgehead atoms. The van der Waals surface area contributed by atoms with Crippen molar-refractivity contribution >= 4 is 29.1 Å². The average Bonchev–Trinajstić information content (AvgIpc) is 2.62. The topological polar surface area (TPSA) is 49.4 Å². The van der Waals surface area contributed by atoms with E-state index in [2.05, 4.69) is 19.2 Å². The summed E-state index contributed by atoms with van der Waals surface area (Å²) in [6.45, 7) is 5.63. The molecular weight excluding hydrogens is 336 g/mol. The zero-order valence-corrected chi connectivity index (χ0v) is 15.3.